The van der Waals surface area contributed by atoms with E-state index in [0.717, 1.165) is 11.5 Å². The predicted octanol–water partition coefficient (Wildman–Crippen LogP) is 2.62. The van der Waals surface area contributed by atoms with Crippen LogP contribution in [0.1, 0.15) is 13.8 Å². The van der Waals surface area contributed by atoms with Crippen molar-refractivity contribution in [1.82, 2.24) is 0 Å². The normalized spacial score (nSPS) is 10.5. The van der Waals surface area contributed by atoms with E-state index in [1.807, 2.05) is 32.0 Å². The molecule has 0 aliphatic carbocycles. The van der Waals surface area contributed by atoms with E-state index in [1.165, 1.54) is 0 Å². The SMILES string of the molecule is COc1cccc(OCC(C)(C)C#N)c1. The molecule has 80 valence electrons. The van der Waals surface area contributed by atoms with Crippen molar-refractivity contribution in [3.05, 3.63) is 24.3 Å². The lowest BCUT2D eigenvalue weighted by atomic mass is 9.98. The molecule has 0 unspecified atom stereocenters. The Morgan fingerprint density at radius 1 is 1.33 bits per heavy atom. The van der Waals surface area contributed by atoms with Gasteiger partial charge in [0.15, 0.2) is 0 Å². The molecule has 0 saturated carbocycles. The van der Waals surface area contributed by atoms with Crippen molar-refractivity contribution >= 4 is 0 Å². The molecule has 0 N–H and O–H groups in total. The Kier molecular flexibility index (Phi) is 3.56. The predicted molar refractivity (Wildman–Crippen MR) is 57.9 cm³/mol. The van der Waals surface area contributed by atoms with E-state index in [0.29, 0.717) is 6.61 Å². The largest absolute Gasteiger partial charge is 0.497 e. The quantitative estimate of drug-likeness (QED) is 0.758. The van der Waals surface area contributed by atoms with Crippen LogP contribution < -0.4 is 9.47 Å². The van der Waals surface area contributed by atoms with E-state index in [4.69, 9.17) is 14.7 Å². The Morgan fingerprint density at radius 2 is 2.00 bits per heavy atom. The van der Waals surface area contributed by atoms with Crippen molar-refractivity contribution in [3.63, 3.8) is 0 Å². The summed E-state index contributed by atoms with van der Waals surface area (Å²) in [6.07, 6.45) is 0. The molecular weight excluding hydrogens is 190 g/mol. The molecule has 1 aromatic rings. The lowest BCUT2D eigenvalue weighted by Gasteiger charge is -2.16. The fraction of sp³-hybridized carbons (Fsp3) is 0.417. The molecule has 0 aliphatic rings. The summed E-state index contributed by atoms with van der Waals surface area (Å²) in [4.78, 5) is 0. The molecule has 0 fully saturated rings. The van der Waals surface area contributed by atoms with Crippen molar-refractivity contribution in [2.24, 2.45) is 5.41 Å². The average molecular weight is 205 g/mol. The lowest BCUT2D eigenvalue weighted by Crippen LogP contribution is -2.18. The summed E-state index contributed by atoms with van der Waals surface area (Å²) in [5.74, 6) is 1.47. The Balaban J connectivity index is 2.62. The van der Waals surface area contributed by atoms with Gasteiger partial charge < -0.3 is 9.47 Å². The lowest BCUT2D eigenvalue weighted by molar-refractivity contribution is 0.226. The van der Waals surface area contributed by atoms with Crippen molar-refractivity contribution in [3.8, 4) is 17.6 Å². The Labute approximate surface area is 90.2 Å². The maximum absolute atomic E-state index is 8.82. The van der Waals surface area contributed by atoms with Gasteiger partial charge in [0, 0.05) is 6.07 Å². The monoisotopic (exact) mass is 205 g/mol. The molecule has 0 aliphatic heterocycles. The van der Waals surface area contributed by atoms with E-state index in [1.54, 1.807) is 13.2 Å². The van der Waals surface area contributed by atoms with E-state index in [2.05, 4.69) is 6.07 Å². The summed E-state index contributed by atoms with van der Waals surface area (Å²) < 4.78 is 10.6. The van der Waals surface area contributed by atoms with E-state index in [-0.39, 0.29) is 0 Å². The molecule has 0 spiro atoms. The summed E-state index contributed by atoms with van der Waals surface area (Å²) >= 11 is 0. The fourth-order valence-electron chi connectivity index (χ4n) is 0.987. The zero-order chi connectivity index (χ0) is 11.3. The Morgan fingerprint density at radius 3 is 2.60 bits per heavy atom. The van der Waals surface area contributed by atoms with Crippen molar-refractivity contribution < 1.29 is 9.47 Å². The second kappa shape index (κ2) is 4.70. The number of ether oxygens (including phenoxy) is 2. The van der Waals surface area contributed by atoms with Crippen LogP contribution in [0.4, 0.5) is 0 Å². The fourth-order valence-corrected chi connectivity index (χ4v) is 0.987. The van der Waals surface area contributed by atoms with Gasteiger partial charge >= 0.3 is 0 Å². The second-order valence-corrected chi connectivity index (χ2v) is 3.96. The molecule has 0 radical (unpaired) electrons. The second-order valence-electron chi connectivity index (χ2n) is 3.96. The van der Waals surface area contributed by atoms with Crippen LogP contribution in [0, 0.1) is 16.7 Å². The number of rotatable bonds is 4. The van der Waals surface area contributed by atoms with E-state index in [9.17, 15) is 0 Å². The number of nitrogens with zero attached hydrogens (tertiary/aromatic N) is 1. The molecule has 0 heterocycles. The average Bonchev–Trinajstić information content (AvgIpc) is 2.27. The van der Waals surface area contributed by atoms with Crippen molar-refractivity contribution in [2.45, 2.75) is 13.8 Å². The number of nitriles is 1. The third kappa shape index (κ3) is 3.51. The zero-order valence-corrected chi connectivity index (χ0v) is 9.28. The van der Waals surface area contributed by atoms with Crippen molar-refractivity contribution in [1.29, 1.82) is 5.26 Å². The zero-order valence-electron chi connectivity index (χ0n) is 9.28. The summed E-state index contributed by atoms with van der Waals surface area (Å²) in [7, 11) is 1.61. The van der Waals surface area contributed by atoms with Crippen LogP contribution in [0.3, 0.4) is 0 Å². The van der Waals surface area contributed by atoms with Crippen LogP contribution >= 0.6 is 0 Å². The maximum Gasteiger partial charge on any atom is 0.123 e. The summed E-state index contributed by atoms with van der Waals surface area (Å²) in [6, 6.07) is 9.53. The summed E-state index contributed by atoms with van der Waals surface area (Å²) in [5, 5.41) is 8.82. The first-order valence-electron chi connectivity index (χ1n) is 4.75. The number of hydrogen-bond acceptors (Lipinski definition) is 3. The van der Waals surface area contributed by atoms with Gasteiger partial charge in [-0.2, -0.15) is 5.26 Å². The molecule has 3 heteroatoms. The van der Waals surface area contributed by atoms with Gasteiger partial charge in [-0.05, 0) is 26.0 Å². The molecule has 3 nitrogen and oxygen atoms in total. The maximum atomic E-state index is 8.82. The summed E-state index contributed by atoms with van der Waals surface area (Å²) in [5.41, 5.74) is -0.469. The Bertz CT molecular complexity index is 366. The highest BCUT2D eigenvalue weighted by atomic mass is 16.5. The van der Waals surface area contributed by atoms with Crippen molar-refractivity contribution in [2.75, 3.05) is 13.7 Å². The third-order valence-electron chi connectivity index (χ3n) is 1.94. The van der Waals surface area contributed by atoms with E-state index >= 15 is 0 Å². The smallest absolute Gasteiger partial charge is 0.123 e. The molecule has 15 heavy (non-hydrogen) atoms. The highest BCUT2D eigenvalue weighted by Crippen LogP contribution is 2.21. The molecule has 1 rings (SSSR count). The van der Waals surface area contributed by atoms with E-state index < -0.39 is 5.41 Å². The standard InChI is InChI=1S/C12H15NO2/c1-12(2,8-13)9-15-11-6-4-5-10(7-11)14-3/h4-7H,9H2,1-3H3. The summed E-state index contributed by atoms with van der Waals surface area (Å²) in [6.45, 7) is 4.05. The molecule has 0 bridgehead atoms. The molecule has 0 saturated heterocycles. The first kappa shape index (κ1) is 11.4. The van der Waals surface area contributed by atoms with Gasteiger partial charge in [-0.3, -0.25) is 0 Å². The minimum absolute atomic E-state index is 0.372. The molecular formula is C12H15NO2. The number of methoxy groups -OCH3 is 1. The van der Waals surface area contributed by atoms with Crippen LogP contribution in [-0.2, 0) is 0 Å². The third-order valence-corrected chi connectivity index (χ3v) is 1.94. The minimum atomic E-state index is -0.469. The van der Waals surface area contributed by atoms with Gasteiger partial charge in [-0.1, -0.05) is 6.07 Å². The number of hydrogen-bond donors (Lipinski definition) is 0. The van der Waals surface area contributed by atoms with Gasteiger partial charge in [0.2, 0.25) is 0 Å². The van der Waals surface area contributed by atoms with Gasteiger partial charge in [0.25, 0.3) is 0 Å². The van der Waals surface area contributed by atoms with Crippen LogP contribution in [0.5, 0.6) is 11.5 Å². The highest BCUT2D eigenvalue weighted by Gasteiger charge is 2.17. The van der Waals surface area contributed by atoms with Gasteiger partial charge in [-0.15, -0.1) is 0 Å². The van der Waals surface area contributed by atoms with Crippen LogP contribution in [0.2, 0.25) is 0 Å². The number of benzene rings is 1. The van der Waals surface area contributed by atoms with Crippen LogP contribution in [0.25, 0.3) is 0 Å². The van der Waals surface area contributed by atoms with Gasteiger partial charge in [0.1, 0.15) is 18.1 Å². The molecule has 1 aromatic carbocycles. The Hall–Kier alpha value is -1.69. The first-order valence-corrected chi connectivity index (χ1v) is 4.75. The van der Waals surface area contributed by atoms with Crippen LogP contribution in [-0.4, -0.2) is 13.7 Å². The highest BCUT2D eigenvalue weighted by molar-refractivity contribution is 5.32. The molecule has 0 atom stereocenters. The first-order chi connectivity index (χ1) is 7.07. The van der Waals surface area contributed by atoms with Crippen LogP contribution in [0.15, 0.2) is 24.3 Å². The molecule has 0 amide bonds. The van der Waals surface area contributed by atoms with Gasteiger partial charge in [-0.25, -0.2) is 0 Å². The topological polar surface area (TPSA) is 42.2 Å². The molecule has 0 aromatic heterocycles. The minimum Gasteiger partial charge on any atom is -0.497 e. The van der Waals surface area contributed by atoms with Gasteiger partial charge in [0.05, 0.1) is 18.6 Å².